The monoisotopic (exact) mass is 428 g/mol. The van der Waals surface area contributed by atoms with Gasteiger partial charge in [0.05, 0.1) is 27.8 Å². The fraction of sp³-hybridized carbons (Fsp3) is 0.118. The van der Waals surface area contributed by atoms with Gasteiger partial charge in [-0.3, -0.25) is 4.79 Å². The number of carbonyl (C=O) groups excluding carboxylic acids is 1. The molecule has 0 radical (unpaired) electrons. The molecule has 5 nitrogen and oxygen atoms in total. The van der Waals surface area contributed by atoms with Gasteiger partial charge in [-0.05, 0) is 12.5 Å². The number of nitrogens with one attached hydrogen (secondary N) is 1. The van der Waals surface area contributed by atoms with E-state index in [0.717, 1.165) is 11.1 Å². The third-order valence-corrected chi connectivity index (χ3v) is 5.25. The fourth-order valence-electron chi connectivity index (χ4n) is 2.36. The van der Waals surface area contributed by atoms with E-state index in [1.807, 2.05) is 31.2 Å². The summed E-state index contributed by atoms with van der Waals surface area (Å²) in [7, 11) is 0. The zero-order valence-corrected chi connectivity index (χ0v) is 16.5. The fourth-order valence-corrected chi connectivity index (χ4v) is 3.18. The van der Waals surface area contributed by atoms with Crippen LogP contribution in [0.5, 0.6) is 0 Å². The van der Waals surface area contributed by atoms with Crippen LogP contribution < -0.4 is 5.32 Å². The van der Waals surface area contributed by atoms with Crippen LogP contribution in [0.15, 0.2) is 36.5 Å². The van der Waals surface area contributed by atoms with Crippen LogP contribution in [0.3, 0.4) is 0 Å². The van der Waals surface area contributed by atoms with Gasteiger partial charge in [-0.1, -0.05) is 76.2 Å². The maximum Gasteiger partial charge on any atom is 0.277 e. The predicted molar refractivity (Wildman–Crippen MR) is 105 cm³/mol. The molecule has 0 aliphatic heterocycles. The molecule has 2 aromatic heterocycles. The Morgan fingerprint density at radius 3 is 2.62 bits per heavy atom. The maximum absolute atomic E-state index is 12.5. The number of benzene rings is 1. The SMILES string of the molecule is Cc1cccc(Cn2nccc2NC(=O)c2nc(Cl)c(Cl)c(Cl)c2Cl)c1. The molecule has 0 unspecified atom stereocenters. The normalized spacial score (nSPS) is 10.8. The first kappa shape index (κ1) is 19.0. The number of anilines is 1. The quantitative estimate of drug-likeness (QED) is 0.557. The van der Waals surface area contributed by atoms with Crippen molar-refractivity contribution in [3.63, 3.8) is 0 Å². The van der Waals surface area contributed by atoms with Crippen LogP contribution >= 0.6 is 46.4 Å². The van der Waals surface area contributed by atoms with Gasteiger partial charge in [0, 0.05) is 6.07 Å². The average Bonchev–Trinajstić information content (AvgIpc) is 3.03. The standard InChI is InChI=1S/C17H12Cl4N4O/c1-9-3-2-4-10(7-9)8-25-11(5-6-22-25)23-17(26)15-13(19)12(18)14(20)16(21)24-15/h2-7H,8H2,1H3,(H,23,26). The van der Waals surface area contributed by atoms with Crippen molar-refractivity contribution in [3.05, 3.63) is 73.6 Å². The minimum absolute atomic E-state index is 0.000581. The Hall–Kier alpha value is -1.79. The Bertz CT molecular complexity index is 987. The lowest BCUT2D eigenvalue weighted by Gasteiger charge is -2.11. The van der Waals surface area contributed by atoms with Crippen LogP contribution in [-0.2, 0) is 6.54 Å². The molecule has 1 aromatic carbocycles. The topological polar surface area (TPSA) is 59.8 Å². The summed E-state index contributed by atoms with van der Waals surface area (Å²) in [6.07, 6.45) is 1.59. The van der Waals surface area contributed by atoms with E-state index in [4.69, 9.17) is 46.4 Å². The molecule has 0 saturated heterocycles. The number of nitrogens with zero attached hydrogens (tertiary/aromatic N) is 3. The molecule has 3 rings (SSSR count). The molecular formula is C17H12Cl4N4O. The average molecular weight is 430 g/mol. The minimum atomic E-state index is -0.568. The molecule has 2 heterocycles. The summed E-state index contributed by atoms with van der Waals surface area (Å²) in [6, 6.07) is 9.67. The number of amides is 1. The highest BCUT2D eigenvalue weighted by atomic mass is 35.5. The first-order valence-corrected chi connectivity index (χ1v) is 8.96. The molecule has 0 saturated carbocycles. The van der Waals surface area contributed by atoms with E-state index in [-0.39, 0.29) is 25.9 Å². The zero-order chi connectivity index (χ0) is 18.8. The number of pyridine rings is 1. The Morgan fingerprint density at radius 1 is 1.12 bits per heavy atom. The second kappa shape index (κ2) is 7.84. The van der Waals surface area contributed by atoms with Gasteiger partial charge < -0.3 is 5.32 Å². The van der Waals surface area contributed by atoms with Crippen molar-refractivity contribution < 1.29 is 4.79 Å². The minimum Gasteiger partial charge on any atom is -0.305 e. The number of aryl methyl sites for hydroxylation is 1. The molecule has 0 spiro atoms. The smallest absolute Gasteiger partial charge is 0.277 e. The van der Waals surface area contributed by atoms with Gasteiger partial charge in [0.25, 0.3) is 5.91 Å². The van der Waals surface area contributed by atoms with E-state index in [0.29, 0.717) is 12.4 Å². The molecule has 0 atom stereocenters. The molecule has 0 bridgehead atoms. The second-order valence-corrected chi connectivity index (χ2v) is 7.00. The molecular weight excluding hydrogens is 418 g/mol. The summed E-state index contributed by atoms with van der Waals surface area (Å²) in [4.78, 5) is 16.5. The number of hydrogen-bond donors (Lipinski definition) is 1. The van der Waals surface area contributed by atoms with Crippen LogP contribution in [0, 0.1) is 6.92 Å². The van der Waals surface area contributed by atoms with Crippen molar-refractivity contribution in [3.8, 4) is 0 Å². The summed E-state index contributed by atoms with van der Waals surface area (Å²) >= 11 is 23.8. The number of carbonyl (C=O) groups is 1. The van der Waals surface area contributed by atoms with Gasteiger partial charge in [0.15, 0.2) is 5.69 Å². The Morgan fingerprint density at radius 2 is 1.88 bits per heavy atom. The van der Waals surface area contributed by atoms with Crippen LogP contribution in [0.1, 0.15) is 21.6 Å². The molecule has 1 amide bonds. The van der Waals surface area contributed by atoms with Gasteiger partial charge >= 0.3 is 0 Å². The number of hydrogen-bond acceptors (Lipinski definition) is 3. The van der Waals surface area contributed by atoms with Crippen molar-refractivity contribution in [1.29, 1.82) is 0 Å². The van der Waals surface area contributed by atoms with Crippen LogP contribution in [0.4, 0.5) is 5.82 Å². The molecule has 9 heteroatoms. The third-order valence-electron chi connectivity index (χ3n) is 3.57. The summed E-state index contributed by atoms with van der Waals surface area (Å²) < 4.78 is 1.65. The highest BCUT2D eigenvalue weighted by Crippen LogP contribution is 2.36. The van der Waals surface area contributed by atoms with Gasteiger partial charge in [-0.2, -0.15) is 5.10 Å². The summed E-state index contributed by atoms with van der Waals surface area (Å²) in [5.74, 6) is -0.0852. The summed E-state index contributed by atoms with van der Waals surface area (Å²) in [5.41, 5.74) is 2.08. The molecule has 0 fully saturated rings. The van der Waals surface area contributed by atoms with Crippen molar-refractivity contribution in [2.45, 2.75) is 13.5 Å². The maximum atomic E-state index is 12.5. The summed E-state index contributed by atoms with van der Waals surface area (Å²) in [6.45, 7) is 2.50. The molecule has 3 aromatic rings. The highest BCUT2D eigenvalue weighted by molar-refractivity contribution is 6.52. The molecule has 0 aliphatic carbocycles. The van der Waals surface area contributed by atoms with E-state index in [1.165, 1.54) is 0 Å². The molecule has 26 heavy (non-hydrogen) atoms. The largest absolute Gasteiger partial charge is 0.305 e. The Kier molecular flexibility index (Phi) is 5.73. The van der Waals surface area contributed by atoms with Crippen molar-refractivity contribution >= 4 is 58.1 Å². The number of aromatic nitrogens is 3. The lowest BCUT2D eigenvalue weighted by atomic mass is 10.1. The van der Waals surface area contributed by atoms with Crippen molar-refractivity contribution in [1.82, 2.24) is 14.8 Å². The predicted octanol–water partition coefficient (Wildman–Crippen LogP) is 5.50. The number of rotatable bonds is 4. The Balaban J connectivity index is 1.85. The van der Waals surface area contributed by atoms with Crippen LogP contribution in [0.2, 0.25) is 20.2 Å². The number of halogens is 4. The Labute approximate surface area is 169 Å². The zero-order valence-electron chi connectivity index (χ0n) is 13.4. The van der Waals surface area contributed by atoms with Gasteiger partial charge in [0.2, 0.25) is 0 Å². The van der Waals surface area contributed by atoms with E-state index >= 15 is 0 Å². The van der Waals surface area contributed by atoms with Crippen molar-refractivity contribution in [2.75, 3.05) is 5.32 Å². The lowest BCUT2D eigenvalue weighted by Crippen LogP contribution is -2.18. The van der Waals surface area contributed by atoms with E-state index in [2.05, 4.69) is 15.4 Å². The van der Waals surface area contributed by atoms with E-state index in [9.17, 15) is 4.79 Å². The lowest BCUT2D eigenvalue weighted by molar-refractivity contribution is 0.102. The second-order valence-electron chi connectivity index (χ2n) is 5.51. The molecule has 134 valence electrons. The first-order chi connectivity index (χ1) is 12.4. The summed E-state index contributed by atoms with van der Waals surface area (Å²) in [5, 5.41) is 6.76. The van der Waals surface area contributed by atoms with Gasteiger partial charge in [-0.15, -0.1) is 0 Å². The molecule has 1 N–H and O–H groups in total. The van der Waals surface area contributed by atoms with E-state index in [1.54, 1.807) is 16.9 Å². The van der Waals surface area contributed by atoms with E-state index < -0.39 is 5.91 Å². The third kappa shape index (κ3) is 3.96. The van der Waals surface area contributed by atoms with Gasteiger partial charge in [-0.25, -0.2) is 9.67 Å². The highest BCUT2D eigenvalue weighted by Gasteiger charge is 2.21. The van der Waals surface area contributed by atoms with Crippen LogP contribution in [0.25, 0.3) is 0 Å². The molecule has 0 aliphatic rings. The van der Waals surface area contributed by atoms with Crippen molar-refractivity contribution in [2.24, 2.45) is 0 Å². The van der Waals surface area contributed by atoms with Crippen LogP contribution in [-0.4, -0.2) is 20.7 Å². The first-order valence-electron chi connectivity index (χ1n) is 7.45. The van der Waals surface area contributed by atoms with Gasteiger partial charge in [0.1, 0.15) is 11.0 Å².